The van der Waals surface area contributed by atoms with Gasteiger partial charge in [-0.1, -0.05) is 11.8 Å². The van der Waals surface area contributed by atoms with Gasteiger partial charge in [-0.25, -0.2) is 4.98 Å². The van der Waals surface area contributed by atoms with Crippen molar-refractivity contribution in [3.05, 3.63) is 15.3 Å². The summed E-state index contributed by atoms with van der Waals surface area (Å²) in [7, 11) is 0. The minimum atomic E-state index is -0.435. The molecule has 1 aromatic rings. The first-order chi connectivity index (χ1) is 6.74. The number of nitrogen functional groups attached to an aromatic ring is 1. The molecule has 1 aliphatic heterocycles. The summed E-state index contributed by atoms with van der Waals surface area (Å²) in [5.74, 6) is 0.838. The van der Waals surface area contributed by atoms with Crippen molar-refractivity contribution in [3.63, 3.8) is 0 Å². The molecule has 0 unspecified atom stereocenters. The van der Waals surface area contributed by atoms with Crippen LogP contribution in [0.2, 0.25) is 0 Å². The SMILES string of the molecule is Nc1nc2n(c(=O)c1N=O)CCCS2. The molecule has 0 saturated heterocycles. The minimum Gasteiger partial charge on any atom is -0.382 e. The van der Waals surface area contributed by atoms with Crippen molar-refractivity contribution in [1.29, 1.82) is 0 Å². The Kier molecular flexibility index (Phi) is 2.24. The van der Waals surface area contributed by atoms with Gasteiger partial charge in [-0.2, -0.15) is 0 Å². The van der Waals surface area contributed by atoms with Crippen LogP contribution in [0.15, 0.2) is 15.1 Å². The fourth-order valence-corrected chi connectivity index (χ4v) is 2.27. The van der Waals surface area contributed by atoms with Crippen LogP contribution in [0, 0.1) is 4.91 Å². The smallest absolute Gasteiger partial charge is 0.285 e. The summed E-state index contributed by atoms with van der Waals surface area (Å²) in [4.78, 5) is 25.9. The Bertz CT molecular complexity index is 442. The molecule has 0 fully saturated rings. The van der Waals surface area contributed by atoms with Gasteiger partial charge < -0.3 is 5.73 Å². The van der Waals surface area contributed by atoms with Gasteiger partial charge in [0, 0.05) is 12.3 Å². The van der Waals surface area contributed by atoms with E-state index in [1.807, 2.05) is 0 Å². The van der Waals surface area contributed by atoms with Crippen LogP contribution in [-0.2, 0) is 6.54 Å². The number of aromatic nitrogens is 2. The fraction of sp³-hybridized carbons (Fsp3) is 0.429. The first-order valence-corrected chi connectivity index (χ1v) is 5.09. The first kappa shape index (κ1) is 9.20. The Morgan fingerprint density at radius 3 is 3.07 bits per heavy atom. The summed E-state index contributed by atoms with van der Waals surface area (Å²) < 4.78 is 1.45. The Morgan fingerprint density at radius 2 is 2.36 bits per heavy atom. The van der Waals surface area contributed by atoms with Gasteiger partial charge in [0.1, 0.15) is 0 Å². The van der Waals surface area contributed by atoms with Crippen LogP contribution in [-0.4, -0.2) is 15.3 Å². The van der Waals surface area contributed by atoms with E-state index >= 15 is 0 Å². The number of anilines is 1. The summed E-state index contributed by atoms with van der Waals surface area (Å²) in [6.07, 6.45) is 0.890. The highest BCUT2D eigenvalue weighted by atomic mass is 32.2. The molecule has 0 bridgehead atoms. The minimum absolute atomic E-state index is 0.0781. The van der Waals surface area contributed by atoms with Gasteiger partial charge in [-0.3, -0.25) is 9.36 Å². The average Bonchev–Trinajstić information content (AvgIpc) is 2.18. The van der Waals surface area contributed by atoms with E-state index in [1.165, 1.54) is 16.3 Å². The Hall–Kier alpha value is -1.37. The summed E-state index contributed by atoms with van der Waals surface area (Å²) in [5.41, 5.74) is 4.71. The van der Waals surface area contributed by atoms with Crippen LogP contribution in [0.25, 0.3) is 0 Å². The van der Waals surface area contributed by atoms with E-state index in [2.05, 4.69) is 10.2 Å². The van der Waals surface area contributed by atoms with Gasteiger partial charge in [0.25, 0.3) is 5.56 Å². The van der Waals surface area contributed by atoms with Gasteiger partial charge in [-0.05, 0) is 11.6 Å². The maximum Gasteiger partial charge on any atom is 0.285 e. The highest BCUT2D eigenvalue weighted by Crippen LogP contribution is 2.24. The second kappa shape index (κ2) is 3.41. The number of nitrogens with two attached hydrogens (primary N) is 1. The van der Waals surface area contributed by atoms with Crippen molar-refractivity contribution in [1.82, 2.24) is 9.55 Å². The van der Waals surface area contributed by atoms with Crippen LogP contribution in [0.3, 0.4) is 0 Å². The first-order valence-electron chi connectivity index (χ1n) is 4.10. The molecule has 0 atom stereocenters. The van der Waals surface area contributed by atoms with Crippen molar-refractivity contribution in [3.8, 4) is 0 Å². The summed E-state index contributed by atoms with van der Waals surface area (Å²) >= 11 is 1.46. The van der Waals surface area contributed by atoms with Crippen molar-refractivity contribution in [2.75, 3.05) is 11.5 Å². The lowest BCUT2D eigenvalue weighted by Gasteiger charge is -2.16. The number of thioether (sulfide) groups is 1. The van der Waals surface area contributed by atoms with E-state index in [1.54, 1.807) is 0 Å². The van der Waals surface area contributed by atoms with Crippen molar-refractivity contribution < 1.29 is 0 Å². The number of hydrogen-bond donors (Lipinski definition) is 1. The molecule has 0 spiro atoms. The molecular weight excluding hydrogens is 204 g/mol. The molecule has 1 aromatic heterocycles. The standard InChI is InChI=1S/C7H8N4O2S/c8-5-4(10-13)6(12)11-2-1-3-14-7(11)9-5/h1-3,8H2. The van der Waals surface area contributed by atoms with E-state index in [-0.39, 0.29) is 11.5 Å². The zero-order chi connectivity index (χ0) is 10.1. The number of rotatable bonds is 1. The number of hydrogen-bond acceptors (Lipinski definition) is 6. The van der Waals surface area contributed by atoms with E-state index in [0.717, 1.165) is 12.2 Å². The summed E-state index contributed by atoms with van der Waals surface area (Å²) in [6, 6.07) is 0. The highest BCUT2D eigenvalue weighted by Gasteiger charge is 2.18. The highest BCUT2D eigenvalue weighted by molar-refractivity contribution is 7.99. The third-order valence-electron chi connectivity index (χ3n) is 1.99. The second-order valence-corrected chi connectivity index (χ2v) is 3.94. The molecule has 2 heterocycles. The number of nitroso groups, excluding NO2 is 1. The van der Waals surface area contributed by atoms with E-state index < -0.39 is 5.56 Å². The molecule has 0 radical (unpaired) electrons. The fourth-order valence-electron chi connectivity index (χ4n) is 1.32. The monoisotopic (exact) mass is 212 g/mol. The average molecular weight is 212 g/mol. The lowest BCUT2D eigenvalue weighted by molar-refractivity contribution is 0.566. The maximum atomic E-state index is 11.6. The van der Waals surface area contributed by atoms with Crippen LogP contribution < -0.4 is 11.3 Å². The van der Waals surface area contributed by atoms with Crippen LogP contribution in [0.5, 0.6) is 0 Å². The van der Waals surface area contributed by atoms with Crippen molar-refractivity contribution in [2.45, 2.75) is 18.1 Å². The predicted octanol–water partition coefficient (Wildman–Crippen LogP) is 0.719. The van der Waals surface area contributed by atoms with Gasteiger partial charge in [0.15, 0.2) is 11.0 Å². The Morgan fingerprint density at radius 1 is 1.57 bits per heavy atom. The van der Waals surface area contributed by atoms with Crippen LogP contribution in [0.4, 0.5) is 11.5 Å². The lowest BCUT2D eigenvalue weighted by atomic mass is 10.4. The maximum absolute atomic E-state index is 11.6. The molecule has 2 N–H and O–H groups in total. The molecular formula is C7H8N4O2S. The van der Waals surface area contributed by atoms with Crippen molar-refractivity contribution >= 4 is 23.3 Å². The lowest BCUT2D eigenvalue weighted by Crippen LogP contribution is -2.26. The zero-order valence-corrected chi connectivity index (χ0v) is 8.08. The molecule has 0 aromatic carbocycles. The molecule has 0 saturated carbocycles. The normalized spacial score (nSPS) is 14.9. The third-order valence-corrected chi connectivity index (χ3v) is 3.05. The van der Waals surface area contributed by atoms with E-state index in [4.69, 9.17) is 5.73 Å². The zero-order valence-electron chi connectivity index (χ0n) is 7.27. The molecule has 0 aliphatic carbocycles. The molecule has 6 nitrogen and oxygen atoms in total. The molecule has 2 rings (SSSR count). The predicted molar refractivity (Wildman–Crippen MR) is 53.7 cm³/mol. The third kappa shape index (κ3) is 1.29. The van der Waals surface area contributed by atoms with Crippen molar-refractivity contribution in [2.24, 2.45) is 5.18 Å². The van der Waals surface area contributed by atoms with Gasteiger partial charge in [0.2, 0.25) is 5.69 Å². The Balaban J connectivity index is 2.70. The second-order valence-electron chi connectivity index (χ2n) is 2.88. The number of fused-ring (bicyclic) bond motifs is 1. The van der Waals surface area contributed by atoms with Crippen LogP contribution in [0.1, 0.15) is 6.42 Å². The Labute approximate surface area is 83.5 Å². The van der Waals surface area contributed by atoms with Gasteiger partial charge in [-0.15, -0.1) is 4.91 Å². The van der Waals surface area contributed by atoms with Gasteiger partial charge >= 0.3 is 0 Å². The molecule has 14 heavy (non-hydrogen) atoms. The van der Waals surface area contributed by atoms with E-state index in [9.17, 15) is 9.70 Å². The summed E-state index contributed by atoms with van der Waals surface area (Å²) in [5, 5.41) is 3.17. The van der Waals surface area contributed by atoms with Crippen LogP contribution >= 0.6 is 11.8 Å². The molecule has 74 valence electrons. The van der Waals surface area contributed by atoms with Gasteiger partial charge in [0.05, 0.1) is 0 Å². The molecule has 0 amide bonds. The van der Waals surface area contributed by atoms with E-state index in [0.29, 0.717) is 11.7 Å². The molecule has 1 aliphatic rings. The topological polar surface area (TPSA) is 90.3 Å². The summed E-state index contributed by atoms with van der Waals surface area (Å²) in [6.45, 7) is 0.580. The quantitative estimate of drug-likeness (QED) is 0.547. The molecule has 7 heteroatoms. The number of nitrogens with zero attached hydrogens (tertiary/aromatic N) is 3. The largest absolute Gasteiger partial charge is 0.382 e.